The van der Waals surface area contributed by atoms with Gasteiger partial charge < -0.3 is 0 Å². The Morgan fingerprint density at radius 2 is 1.81 bits per heavy atom. The van der Waals surface area contributed by atoms with Crippen molar-refractivity contribution in [3.8, 4) is 5.69 Å². The fourth-order valence-electron chi connectivity index (χ4n) is 3.04. The number of benzene rings is 2. The highest BCUT2D eigenvalue weighted by molar-refractivity contribution is 5.70. The number of fused-ring (bicyclic) bond motifs is 1. The molecule has 130 valence electrons. The molecule has 0 amide bonds. The molecule has 0 atom stereocenters. The second-order valence-corrected chi connectivity index (χ2v) is 6.62. The van der Waals surface area contributed by atoms with Gasteiger partial charge in [-0.05, 0) is 49.6 Å². The normalized spacial score (nSPS) is 11.2. The molecule has 4 aromatic rings. The van der Waals surface area contributed by atoms with Gasteiger partial charge in [0.2, 0.25) is 0 Å². The zero-order valence-electron chi connectivity index (χ0n) is 15.0. The molecule has 0 N–H and O–H groups in total. The molecule has 0 aliphatic heterocycles. The average Bonchev–Trinajstić information content (AvgIpc) is 3.05. The maximum absolute atomic E-state index is 12.8. The number of rotatable bonds is 3. The van der Waals surface area contributed by atoms with Crippen molar-refractivity contribution in [2.75, 3.05) is 0 Å². The highest BCUT2D eigenvalue weighted by Crippen LogP contribution is 2.15. The zero-order valence-corrected chi connectivity index (χ0v) is 15.0. The van der Waals surface area contributed by atoms with Gasteiger partial charge in [-0.3, -0.25) is 9.36 Å². The molecule has 26 heavy (non-hydrogen) atoms. The molecule has 4 rings (SSSR count). The van der Waals surface area contributed by atoms with E-state index in [1.807, 2.05) is 45.0 Å². The maximum atomic E-state index is 12.8. The Balaban J connectivity index is 1.79. The average molecular weight is 345 g/mol. The summed E-state index contributed by atoms with van der Waals surface area (Å²) in [4.78, 5) is 17.3. The Labute approximate surface area is 150 Å². The van der Waals surface area contributed by atoms with Crippen molar-refractivity contribution >= 4 is 11.2 Å². The first-order chi connectivity index (χ1) is 12.5. The molecule has 2 heterocycles. The Bertz CT molecular complexity index is 1170. The molecule has 6 heteroatoms. The molecule has 2 aromatic heterocycles. The van der Waals surface area contributed by atoms with Crippen molar-refractivity contribution < 1.29 is 0 Å². The van der Waals surface area contributed by atoms with Gasteiger partial charge in [-0.25, -0.2) is 4.98 Å². The van der Waals surface area contributed by atoms with E-state index in [9.17, 15) is 4.79 Å². The first-order valence-corrected chi connectivity index (χ1v) is 8.47. The van der Waals surface area contributed by atoms with Crippen molar-refractivity contribution in [1.82, 2.24) is 24.5 Å². The molecule has 0 saturated carbocycles. The summed E-state index contributed by atoms with van der Waals surface area (Å²) in [6, 6.07) is 14.1. The fourth-order valence-corrected chi connectivity index (χ4v) is 3.04. The van der Waals surface area contributed by atoms with Crippen LogP contribution in [0.3, 0.4) is 0 Å². The minimum atomic E-state index is -0.185. The third-order valence-corrected chi connectivity index (χ3v) is 4.52. The van der Waals surface area contributed by atoms with Crippen LogP contribution >= 0.6 is 0 Å². The molecule has 0 aliphatic carbocycles. The van der Waals surface area contributed by atoms with Crippen molar-refractivity contribution in [2.24, 2.45) is 0 Å². The molecule has 0 unspecified atom stereocenters. The third kappa shape index (κ3) is 2.79. The Hall–Kier alpha value is -3.28. The zero-order chi connectivity index (χ0) is 18.3. The highest BCUT2D eigenvalue weighted by atomic mass is 16.1. The molecule has 0 radical (unpaired) electrons. The number of aromatic nitrogens is 5. The highest BCUT2D eigenvalue weighted by Gasteiger charge is 2.14. The van der Waals surface area contributed by atoms with Gasteiger partial charge in [0.15, 0.2) is 11.2 Å². The lowest BCUT2D eigenvalue weighted by Crippen LogP contribution is -2.22. The van der Waals surface area contributed by atoms with Crippen molar-refractivity contribution in [3.63, 3.8) is 0 Å². The van der Waals surface area contributed by atoms with Gasteiger partial charge >= 0.3 is 0 Å². The molecule has 2 aromatic carbocycles. The summed E-state index contributed by atoms with van der Waals surface area (Å²) in [5.74, 6) is 0. The number of hydrogen-bond acceptors (Lipinski definition) is 4. The van der Waals surface area contributed by atoms with Crippen LogP contribution in [0.25, 0.3) is 16.9 Å². The first kappa shape index (κ1) is 16.2. The van der Waals surface area contributed by atoms with Crippen LogP contribution in [0.1, 0.15) is 22.3 Å². The second kappa shape index (κ2) is 6.22. The van der Waals surface area contributed by atoms with Crippen LogP contribution in [0.2, 0.25) is 0 Å². The lowest BCUT2D eigenvalue weighted by atomic mass is 10.1. The summed E-state index contributed by atoms with van der Waals surface area (Å²) in [6.45, 7) is 6.56. The van der Waals surface area contributed by atoms with E-state index in [0.717, 1.165) is 27.9 Å². The Kier molecular flexibility index (Phi) is 3.88. The van der Waals surface area contributed by atoms with Crippen LogP contribution in [0.5, 0.6) is 0 Å². The van der Waals surface area contributed by atoms with Crippen molar-refractivity contribution in [1.29, 1.82) is 0 Å². The quantitative estimate of drug-likeness (QED) is 0.573. The van der Waals surface area contributed by atoms with Crippen molar-refractivity contribution in [3.05, 3.63) is 81.4 Å². The Morgan fingerprint density at radius 3 is 2.62 bits per heavy atom. The number of hydrogen-bond donors (Lipinski definition) is 0. The van der Waals surface area contributed by atoms with Crippen LogP contribution in [0.15, 0.2) is 53.6 Å². The molecule has 0 spiro atoms. The molecule has 0 fully saturated rings. The van der Waals surface area contributed by atoms with Crippen LogP contribution < -0.4 is 5.56 Å². The molecular formula is C20H19N5O. The minimum absolute atomic E-state index is 0.185. The Morgan fingerprint density at radius 1 is 1.00 bits per heavy atom. The van der Waals surface area contributed by atoms with E-state index in [-0.39, 0.29) is 11.1 Å². The summed E-state index contributed by atoms with van der Waals surface area (Å²) in [6.07, 6.45) is 1.57. The lowest BCUT2D eigenvalue weighted by Gasteiger charge is -2.09. The van der Waals surface area contributed by atoms with Gasteiger partial charge in [-0.2, -0.15) is 4.68 Å². The van der Waals surface area contributed by atoms with Gasteiger partial charge in [-0.1, -0.05) is 41.1 Å². The molecule has 0 aliphatic rings. The van der Waals surface area contributed by atoms with Crippen molar-refractivity contribution in [2.45, 2.75) is 27.3 Å². The largest absolute Gasteiger partial charge is 0.293 e. The standard InChI is InChI=1S/C20H19N5O/c1-13-5-4-6-17(10-13)25-19-18(22-23-25)20(26)24(12-21-19)11-16-9-14(2)7-8-15(16)3/h4-10,12H,11H2,1-3H3. The number of aryl methyl sites for hydroxylation is 3. The van der Waals surface area contributed by atoms with Gasteiger partial charge in [-0.15, -0.1) is 5.10 Å². The maximum Gasteiger partial charge on any atom is 0.283 e. The lowest BCUT2D eigenvalue weighted by molar-refractivity contribution is 0.741. The second-order valence-electron chi connectivity index (χ2n) is 6.62. The summed E-state index contributed by atoms with van der Waals surface area (Å²) < 4.78 is 3.19. The molecule has 6 nitrogen and oxygen atoms in total. The third-order valence-electron chi connectivity index (χ3n) is 4.52. The molecular weight excluding hydrogens is 326 g/mol. The SMILES string of the molecule is Cc1cccc(-n2nnc3c(=O)n(Cc4cc(C)ccc4C)cnc32)c1. The van der Waals surface area contributed by atoms with E-state index < -0.39 is 0 Å². The summed E-state index contributed by atoms with van der Waals surface area (Å²) in [7, 11) is 0. The fraction of sp³-hybridized carbons (Fsp3) is 0.200. The monoisotopic (exact) mass is 345 g/mol. The van der Waals surface area contributed by atoms with Gasteiger partial charge in [0.1, 0.15) is 6.33 Å². The van der Waals surface area contributed by atoms with E-state index in [0.29, 0.717) is 12.2 Å². The van der Waals surface area contributed by atoms with E-state index >= 15 is 0 Å². The topological polar surface area (TPSA) is 65.6 Å². The van der Waals surface area contributed by atoms with E-state index in [4.69, 9.17) is 0 Å². The van der Waals surface area contributed by atoms with Crippen LogP contribution in [-0.4, -0.2) is 24.5 Å². The predicted octanol–water partition coefficient (Wildman–Crippen LogP) is 2.95. The van der Waals surface area contributed by atoms with Crippen LogP contribution in [0, 0.1) is 20.8 Å². The minimum Gasteiger partial charge on any atom is -0.293 e. The van der Waals surface area contributed by atoms with E-state index in [1.54, 1.807) is 15.6 Å². The van der Waals surface area contributed by atoms with Gasteiger partial charge in [0.05, 0.1) is 12.2 Å². The molecule has 0 bridgehead atoms. The predicted molar refractivity (Wildman–Crippen MR) is 101 cm³/mol. The van der Waals surface area contributed by atoms with Crippen LogP contribution in [-0.2, 0) is 6.54 Å². The van der Waals surface area contributed by atoms with E-state index in [1.165, 1.54) is 0 Å². The molecule has 0 saturated heterocycles. The van der Waals surface area contributed by atoms with Gasteiger partial charge in [0.25, 0.3) is 5.56 Å². The van der Waals surface area contributed by atoms with Gasteiger partial charge in [0, 0.05) is 0 Å². The summed E-state index contributed by atoms with van der Waals surface area (Å²) in [5.41, 5.74) is 5.91. The van der Waals surface area contributed by atoms with E-state index in [2.05, 4.69) is 33.5 Å². The van der Waals surface area contributed by atoms with Crippen LogP contribution in [0.4, 0.5) is 0 Å². The number of nitrogens with zero attached hydrogens (tertiary/aromatic N) is 5. The first-order valence-electron chi connectivity index (χ1n) is 8.47. The smallest absolute Gasteiger partial charge is 0.283 e. The summed E-state index contributed by atoms with van der Waals surface area (Å²) >= 11 is 0. The summed E-state index contributed by atoms with van der Waals surface area (Å²) in [5, 5.41) is 8.22.